The fourth-order valence-corrected chi connectivity index (χ4v) is 3.85. The average Bonchev–Trinajstić information content (AvgIpc) is 2.55. The second kappa shape index (κ2) is 8.68. The lowest BCUT2D eigenvalue weighted by Gasteiger charge is -2.36. The number of halogens is 1. The molecule has 1 amide bonds. The maximum atomic E-state index is 12.7. The number of anilines is 1. The minimum absolute atomic E-state index is 0.0762. The van der Waals surface area contributed by atoms with Gasteiger partial charge in [-0.1, -0.05) is 17.7 Å². The summed E-state index contributed by atoms with van der Waals surface area (Å²) < 4.78 is 0. The molecular formula is C19H27ClN2O3. The molecular weight excluding hydrogens is 340 g/mol. The Hall–Kier alpha value is -1.59. The molecule has 1 aromatic carbocycles. The fourth-order valence-electron chi connectivity index (χ4n) is 3.48. The van der Waals surface area contributed by atoms with Crippen LogP contribution in [0.4, 0.5) is 5.69 Å². The Balaban J connectivity index is 1.98. The van der Waals surface area contributed by atoms with Crippen molar-refractivity contribution >= 4 is 29.2 Å². The van der Waals surface area contributed by atoms with Crippen molar-refractivity contribution in [3.8, 4) is 0 Å². The van der Waals surface area contributed by atoms with Crippen LogP contribution in [-0.4, -0.2) is 41.0 Å². The summed E-state index contributed by atoms with van der Waals surface area (Å²) in [4.78, 5) is 25.6. The van der Waals surface area contributed by atoms with Gasteiger partial charge in [0.2, 0.25) is 5.91 Å². The van der Waals surface area contributed by atoms with Crippen molar-refractivity contribution in [2.24, 2.45) is 5.92 Å². The van der Waals surface area contributed by atoms with Gasteiger partial charge in [0.15, 0.2) is 0 Å². The summed E-state index contributed by atoms with van der Waals surface area (Å²) in [6.07, 6.45) is 2.88. The molecule has 1 aliphatic heterocycles. The Bertz CT molecular complexity index is 625. The Kier molecular flexibility index (Phi) is 6.85. The topological polar surface area (TPSA) is 69.6 Å². The second-order valence-electron chi connectivity index (χ2n) is 7.04. The number of hydrogen-bond donors (Lipinski definition) is 2. The molecule has 2 atom stereocenters. The molecule has 0 spiro atoms. The number of rotatable bonds is 6. The number of likely N-dealkylation sites (tertiary alicyclic amines) is 1. The molecule has 2 N–H and O–H groups in total. The van der Waals surface area contributed by atoms with Crippen LogP contribution in [0.1, 0.15) is 43.7 Å². The fraction of sp³-hybridized carbons (Fsp3) is 0.579. The van der Waals surface area contributed by atoms with Crippen molar-refractivity contribution in [1.82, 2.24) is 4.90 Å². The van der Waals surface area contributed by atoms with Gasteiger partial charge < -0.3 is 10.4 Å². The number of nitrogens with zero attached hydrogens (tertiary/aromatic N) is 1. The molecule has 25 heavy (non-hydrogen) atoms. The third kappa shape index (κ3) is 5.44. The molecule has 0 saturated carbocycles. The number of nitrogens with one attached hydrogen (secondary N) is 1. The van der Waals surface area contributed by atoms with Gasteiger partial charge in [-0.05, 0) is 69.7 Å². The van der Waals surface area contributed by atoms with Gasteiger partial charge >= 0.3 is 5.97 Å². The molecule has 1 aromatic rings. The summed E-state index contributed by atoms with van der Waals surface area (Å²) in [5.41, 5.74) is 2.68. The Labute approximate surface area is 154 Å². The Morgan fingerprint density at radius 2 is 2.12 bits per heavy atom. The highest BCUT2D eigenvalue weighted by Gasteiger charge is 2.28. The minimum Gasteiger partial charge on any atom is -0.481 e. The maximum Gasteiger partial charge on any atom is 0.303 e. The van der Waals surface area contributed by atoms with Crippen molar-refractivity contribution in [1.29, 1.82) is 0 Å². The van der Waals surface area contributed by atoms with Crippen LogP contribution in [0.5, 0.6) is 0 Å². The van der Waals surface area contributed by atoms with Crippen LogP contribution in [0.25, 0.3) is 0 Å². The normalized spacial score (nSPS) is 19.4. The number of carbonyl (C=O) groups is 2. The van der Waals surface area contributed by atoms with E-state index in [0.717, 1.165) is 37.1 Å². The number of hydrogen-bond acceptors (Lipinski definition) is 3. The number of carbonyl (C=O) groups excluding carboxylic acids is 1. The lowest BCUT2D eigenvalue weighted by Crippen LogP contribution is -2.47. The molecule has 1 heterocycles. The molecule has 1 aliphatic rings. The number of aryl methyl sites for hydroxylation is 2. The van der Waals surface area contributed by atoms with Crippen LogP contribution in [-0.2, 0) is 9.59 Å². The lowest BCUT2D eigenvalue weighted by atomic mass is 9.92. The van der Waals surface area contributed by atoms with Crippen LogP contribution in [0.3, 0.4) is 0 Å². The van der Waals surface area contributed by atoms with E-state index >= 15 is 0 Å². The second-order valence-corrected chi connectivity index (χ2v) is 7.45. The summed E-state index contributed by atoms with van der Waals surface area (Å²) in [5, 5.41) is 12.4. The standard InChI is InChI=1S/C19H27ClN2O3/c1-12-9-13(2)18(16(20)10-12)21-19(25)14(3)22-8-4-5-15(11-22)6-7-17(23)24/h9-10,14-15H,4-8,11H2,1-3H3,(H,21,25)(H,23,24). The van der Waals surface area contributed by atoms with Crippen molar-refractivity contribution in [3.05, 3.63) is 28.3 Å². The van der Waals surface area contributed by atoms with Gasteiger partial charge in [0, 0.05) is 13.0 Å². The van der Waals surface area contributed by atoms with Gasteiger partial charge in [0.25, 0.3) is 0 Å². The Morgan fingerprint density at radius 3 is 2.76 bits per heavy atom. The van der Waals surface area contributed by atoms with Gasteiger partial charge in [-0.25, -0.2) is 0 Å². The van der Waals surface area contributed by atoms with E-state index in [1.807, 2.05) is 32.9 Å². The van der Waals surface area contributed by atoms with E-state index in [0.29, 0.717) is 23.0 Å². The molecule has 5 nitrogen and oxygen atoms in total. The van der Waals surface area contributed by atoms with Crippen molar-refractivity contribution in [2.45, 2.75) is 52.5 Å². The van der Waals surface area contributed by atoms with Crippen LogP contribution < -0.4 is 5.32 Å². The molecule has 0 bridgehead atoms. The summed E-state index contributed by atoms with van der Waals surface area (Å²) >= 11 is 6.28. The van der Waals surface area contributed by atoms with Crippen molar-refractivity contribution < 1.29 is 14.7 Å². The summed E-state index contributed by atoms with van der Waals surface area (Å²) in [7, 11) is 0. The van der Waals surface area contributed by atoms with Crippen LogP contribution in [0.2, 0.25) is 5.02 Å². The highest BCUT2D eigenvalue weighted by atomic mass is 35.5. The quantitative estimate of drug-likeness (QED) is 0.802. The van der Waals surface area contributed by atoms with Gasteiger partial charge in [-0.2, -0.15) is 0 Å². The molecule has 6 heteroatoms. The zero-order valence-corrected chi connectivity index (χ0v) is 15.9. The molecule has 0 radical (unpaired) electrons. The molecule has 1 saturated heterocycles. The first-order valence-corrected chi connectivity index (χ1v) is 9.19. The smallest absolute Gasteiger partial charge is 0.303 e. The van der Waals surface area contributed by atoms with Crippen LogP contribution >= 0.6 is 11.6 Å². The number of carboxylic acid groups (broad SMARTS) is 1. The highest BCUT2D eigenvalue weighted by Crippen LogP contribution is 2.28. The first-order valence-electron chi connectivity index (χ1n) is 8.81. The van der Waals surface area contributed by atoms with E-state index in [2.05, 4.69) is 10.2 Å². The zero-order valence-electron chi connectivity index (χ0n) is 15.1. The van der Waals surface area contributed by atoms with E-state index in [1.165, 1.54) is 0 Å². The summed E-state index contributed by atoms with van der Waals surface area (Å²) in [6.45, 7) is 7.42. The van der Waals surface area contributed by atoms with E-state index in [-0.39, 0.29) is 18.4 Å². The first kappa shape index (κ1) is 19.7. The zero-order chi connectivity index (χ0) is 18.6. The predicted octanol–water partition coefficient (Wildman–Crippen LogP) is 3.86. The summed E-state index contributed by atoms with van der Waals surface area (Å²) in [5.74, 6) is -0.495. The van der Waals surface area contributed by atoms with Gasteiger partial charge in [0.05, 0.1) is 16.8 Å². The Morgan fingerprint density at radius 1 is 1.40 bits per heavy atom. The molecule has 2 unspecified atom stereocenters. The van der Waals surface area contributed by atoms with Crippen LogP contribution in [0.15, 0.2) is 12.1 Å². The molecule has 0 aliphatic carbocycles. The van der Waals surface area contributed by atoms with E-state index in [4.69, 9.17) is 16.7 Å². The van der Waals surface area contributed by atoms with Crippen molar-refractivity contribution in [3.63, 3.8) is 0 Å². The minimum atomic E-state index is -0.757. The third-order valence-electron chi connectivity index (χ3n) is 4.92. The third-order valence-corrected chi connectivity index (χ3v) is 5.22. The average molecular weight is 367 g/mol. The number of aliphatic carboxylic acids is 1. The van der Waals surface area contributed by atoms with Gasteiger partial charge in [0.1, 0.15) is 0 Å². The van der Waals surface area contributed by atoms with E-state index < -0.39 is 5.97 Å². The number of amides is 1. The number of piperidine rings is 1. The number of carboxylic acids is 1. The molecule has 1 fully saturated rings. The summed E-state index contributed by atoms with van der Waals surface area (Å²) in [6, 6.07) is 3.57. The van der Waals surface area contributed by atoms with Crippen LogP contribution in [0, 0.1) is 19.8 Å². The maximum absolute atomic E-state index is 12.7. The number of benzene rings is 1. The van der Waals surface area contributed by atoms with Crippen molar-refractivity contribution in [2.75, 3.05) is 18.4 Å². The largest absolute Gasteiger partial charge is 0.481 e. The monoisotopic (exact) mass is 366 g/mol. The molecule has 2 rings (SSSR count). The van der Waals surface area contributed by atoms with Gasteiger partial charge in [-0.3, -0.25) is 14.5 Å². The van der Waals surface area contributed by atoms with Gasteiger partial charge in [-0.15, -0.1) is 0 Å². The van der Waals surface area contributed by atoms with E-state index in [1.54, 1.807) is 0 Å². The highest BCUT2D eigenvalue weighted by molar-refractivity contribution is 6.34. The lowest BCUT2D eigenvalue weighted by molar-refractivity contribution is -0.137. The SMILES string of the molecule is Cc1cc(C)c(NC(=O)C(C)N2CCCC(CCC(=O)O)C2)c(Cl)c1. The first-order chi connectivity index (χ1) is 11.8. The predicted molar refractivity (Wildman–Crippen MR) is 100 cm³/mol. The molecule has 0 aromatic heterocycles. The molecule has 138 valence electrons. The van der Waals surface area contributed by atoms with E-state index in [9.17, 15) is 9.59 Å².